The maximum atomic E-state index is 12.1. The lowest BCUT2D eigenvalue weighted by atomic mass is 10.1. The van der Waals surface area contributed by atoms with Gasteiger partial charge in [0.05, 0.1) is 14.2 Å². The number of benzene rings is 1. The highest BCUT2D eigenvalue weighted by Gasteiger charge is 2.35. The zero-order valence-corrected chi connectivity index (χ0v) is 16.1. The molecule has 0 bridgehead atoms. The van der Waals surface area contributed by atoms with Crippen molar-refractivity contribution in [3.63, 3.8) is 0 Å². The van der Waals surface area contributed by atoms with Crippen molar-refractivity contribution in [3.8, 4) is 17.2 Å². The highest BCUT2D eigenvalue weighted by molar-refractivity contribution is 5.94. The number of rotatable bonds is 5. The SMILES string of the molecule is COc1cc([C@H]2OC(c3cc(C)[nH]n3)=NN2C(C)=O)cc(OC)c1OC(C)=O. The Morgan fingerprint density at radius 3 is 2.25 bits per heavy atom. The van der Waals surface area contributed by atoms with Gasteiger partial charge in [0.25, 0.3) is 5.90 Å². The summed E-state index contributed by atoms with van der Waals surface area (Å²) in [5.41, 5.74) is 1.82. The Morgan fingerprint density at radius 1 is 1.14 bits per heavy atom. The van der Waals surface area contributed by atoms with Gasteiger partial charge < -0.3 is 18.9 Å². The fraction of sp³-hybridized carbons (Fsp3) is 0.333. The zero-order chi connectivity index (χ0) is 20.4. The van der Waals surface area contributed by atoms with E-state index in [-0.39, 0.29) is 29.1 Å². The van der Waals surface area contributed by atoms with Gasteiger partial charge in [0, 0.05) is 25.1 Å². The molecule has 1 aliphatic heterocycles. The molecule has 28 heavy (non-hydrogen) atoms. The van der Waals surface area contributed by atoms with Gasteiger partial charge in [-0.25, -0.2) is 0 Å². The molecule has 1 aromatic carbocycles. The molecule has 10 nitrogen and oxygen atoms in total. The molecule has 148 valence electrons. The minimum absolute atomic E-state index is 0.137. The molecule has 0 unspecified atom stereocenters. The first-order valence-electron chi connectivity index (χ1n) is 8.35. The number of aromatic nitrogens is 2. The molecular formula is C18H20N4O6. The van der Waals surface area contributed by atoms with Gasteiger partial charge in [-0.2, -0.15) is 10.1 Å². The summed E-state index contributed by atoms with van der Waals surface area (Å²) < 4.78 is 21.7. The van der Waals surface area contributed by atoms with Crippen LogP contribution in [0.15, 0.2) is 23.3 Å². The second-order valence-electron chi connectivity index (χ2n) is 6.02. The van der Waals surface area contributed by atoms with Crippen LogP contribution >= 0.6 is 0 Å². The number of ether oxygens (including phenoxy) is 4. The molecule has 2 aromatic rings. The molecule has 0 radical (unpaired) electrons. The molecule has 0 saturated carbocycles. The minimum Gasteiger partial charge on any atom is -0.493 e. The maximum absolute atomic E-state index is 12.1. The first-order valence-corrected chi connectivity index (χ1v) is 8.35. The van der Waals surface area contributed by atoms with E-state index in [1.807, 2.05) is 6.92 Å². The molecule has 1 N–H and O–H groups in total. The summed E-state index contributed by atoms with van der Waals surface area (Å²) in [4.78, 5) is 23.5. The number of esters is 1. The van der Waals surface area contributed by atoms with Crippen LogP contribution in [0.3, 0.4) is 0 Å². The first kappa shape index (κ1) is 19.2. The first-order chi connectivity index (χ1) is 13.3. The number of amides is 1. The number of methoxy groups -OCH3 is 2. The third-order valence-electron chi connectivity index (χ3n) is 3.91. The lowest BCUT2D eigenvalue weighted by Gasteiger charge is -2.21. The van der Waals surface area contributed by atoms with E-state index in [1.54, 1.807) is 18.2 Å². The Morgan fingerprint density at radius 2 is 1.79 bits per heavy atom. The monoisotopic (exact) mass is 388 g/mol. The highest BCUT2D eigenvalue weighted by Crippen LogP contribution is 2.42. The van der Waals surface area contributed by atoms with Gasteiger partial charge in [0.15, 0.2) is 11.5 Å². The van der Waals surface area contributed by atoms with E-state index in [4.69, 9.17) is 18.9 Å². The standard InChI is InChI=1S/C18H20N4O6/c1-9-6-13(20-19-9)17-21-22(10(2)23)18(28-17)12-7-14(25-4)16(27-11(3)24)15(8-12)26-5/h6-8,18H,1-5H3,(H,19,20)/t18-/m1/s1. The van der Waals surface area contributed by atoms with E-state index in [0.29, 0.717) is 11.3 Å². The van der Waals surface area contributed by atoms with E-state index in [1.165, 1.54) is 33.1 Å². The Kier molecular flexibility index (Phi) is 5.21. The van der Waals surface area contributed by atoms with Crippen molar-refractivity contribution in [1.29, 1.82) is 0 Å². The molecule has 1 aromatic heterocycles. The largest absolute Gasteiger partial charge is 0.493 e. The van der Waals surface area contributed by atoms with Crippen LogP contribution in [0.25, 0.3) is 0 Å². The van der Waals surface area contributed by atoms with E-state index in [0.717, 1.165) is 5.69 Å². The summed E-state index contributed by atoms with van der Waals surface area (Å²) in [5.74, 6) is -0.00808. The smallest absolute Gasteiger partial charge is 0.308 e. The van der Waals surface area contributed by atoms with E-state index in [9.17, 15) is 9.59 Å². The number of aryl methyl sites for hydroxylation is 1. The number of hydrazone groups is 1. The number of hydrogen-bond donors (Lipinski definition) is 1. The zero-order valence-electron chi connectivity index (χ0n) is 16.1. The van der Waals surface area contributed by atoms with Gasteiger partial charge in [-0.3, -0.25) is 14.7 Å². The Labute approximate surface area is 161 Å². The van der Waals surface area contributed by atoms with Gasteiger partial charge in [-0.1, -0.05) is 0 Å². The number of nitrogens with zero attached hydrogens (tertiary/aromatic N) is 3. The summed E-state index contributed by atoms with van der Waals surface area (Å²) in [6.45, 7) is 4.49. The number of carbonyl (C=O) groups excluding carboxylic acids is 2. The predicted octanol–water partition coefficient (Wildman–Crippen LogP) is 1.90. The Bertz CT molecular complexity index is 926. The van der Waals surface area contributed by atoms with Crippen molar-refractivity contribution in [1.82, 2.24) is 15.2 Å². The molecule has 10 heteroatoms. The molecule has 0 fully saturated rings. The summed E-state index contributed by atoms with van der Waals surface area (Å²) in [5, 5.41) is 12.3. The van der Waals surface area contributed by atoms with Crippen LogP contribution in [-0.2, 0) is 14.3 Å². The third-order valence-corrected chi connectivity index (χ3v) is 3.91. The van der Waals surface area contributed by atoms with Crippen LogP contribution in [0.2, 0.25) is 0 Å². The predicted molar refractivity (Wildman–Crippen MR) is 97.1 cm³/mol. The highest BCUT2D eigenvalue weighted by atomic mass is 16.6. The van der Waals surface area contributed by atoms with Crippen molar-refractivity contribution < 1.29 is 28.5 Å². The maximum Gasteiger partial charge on any atom is 0.308 e. The van der Waals surface area contributed by atoms with Gasteiger partial charge in [0.2, 0.25) is 17.9 Å². The third kappa shape index (κ3) is 3.61. The second-order valence-corrected chi connectivity index (χ2v) is 6.02. The molecule has 1 aliphatic rings. The summed E-state index contributed by atoms with van der Waals surface area (Å²) >= 11 is 0. The summed E-state index contributed by atoms with van der Waals surface area (Å²) in [7, 11) is 2.86. The molecule has 1 amide bonds. The Hall–Kier alpha value is -3.56. The van der Waals surface area contributed by atoms with Gasteiger partial charge in [-0.05, 0) is 25.1 Å². The molecule has 0 spiro atoms. The van der Waals surface area contributed by atoms with E-state index >= 15 is 0 Å². The van der Waals surface area contributed by atoms with Crippen LogP contribution < -0.4 is 14.2 Å². The molecule has 0 saturated heterocycles. The van der Waals surface area contributed by atoms with Crippen LogP contribution in [0.1, 0.15) is 37.0 Å². The van der Waals surface area contributed by atoms with Crippen molar-refractivity contribution >= 4 is 17.8 Å². The van der Waals surface area contributed by atoms with Crippen molar-refractivity contribution in [3.05, 3.63) is 35.2 Å². The van der Waals surface area contributed by atoms with Crippen LogP contribution in [0.4, 0.5) is 0 Å². The molecule has 2 heterocycles. The van der Waals surface area contributed by atoms with Gasteiger partial charge in [0.1, 0.15) is 5.69 Å². The van der Waals surface area contributed by atoms with Crippen LogP contribution in [0, 0.1) is 6.92 Å². The van der Waals surface area contributed by atoms with Gasteiger partial charge in [-0.15, -0.1) is 5.10 Å². The van der Waals surface area contributed by atoms with Gasteiger partial charge >= 0.3 is 5.97 Å². The van der Waals surface area contributed by atoms with E-state index < -0.39 is 12.2 Å². The minimum atomic E-state index is -0.862. The lowest BCUT2D eigenvalue weighted by molar-refractivity contribution is -0.135. The van der Waals surface area contributed by atoms with Crippen molar-refractivity contribution in [2.24, 2.45) is 5.10 Å². The fourth-order valence-corrected chi connectivity index (χ4v) is 2.70. The van der Waals surface area contributed by atoms with Crippen molar-refractivity contribution in [2.75, 3.05) is 14.2 Å². The topological polar surface area (TPSA) is 115 Å². The molecule has 0 aliphatic carbocycles. The lowest BCUT2D eigenvalue weighted by Crippen LogP contribution is -2.25. The number of hydrogen-bond acceptors (Lipinski definition) is 8. The normalized spacial score (nSPS) is 15.7. The number of nitrogens with one attached hydrogen (secondary N) is 1. The summed E-state index contributed by atoms with van der Waals surface area (Å²) in [6.07, 6.45) is -0.862. The Balaban J connectivity index is 2.02. The number of aromatic amines is 1. The van der Waals surface area contributed by atoms with Crippen LogP contribution in [0.5, 0.6) is 17.2 Å². The average molecular weight is 388 g/mol. The molecule has 3 rings (SSSR count). The molecule has 1 atom stereocenters. The van der Waals surface area contributed by atoms with E-state index in [2.05, 4.69) is 15.3 Å². The van der Waals surface area contributed by atoms with Crippen LogP contribution in [-0.4, -0.2) is 47.2 Å². The average Bonchev–Trinajstić information content (AvgIpc) is 3.27. The van der Waals surface area contributed by atoms with Crippen molar-refractivity contribution in [2.45, 2.75) is 27.0 Å². The fourth-order valence-electron chi connectivity index (χ4n) is 2.70. The number of carbonyl (C=O) groups is 2. The number of H-pyrrole nitrogens is 1. The second kappa shape index (κ2) is 7.59. The summed E-state index contributed by atoms with van der Waals surface area (Å²) in [6, 6.07) is 4.94. The quantitative estimate of drug-likeness (QED) is 0.614. The molecular weight excluding hydrogens is 368 g/mol.